The molecule has 9 N–H and O–H groups in total. The number of aliphatic hydroxyl groups excluding tert-OH is 2. The van der Waals surface area contributed by atoms with E-state index in [4.69, 9.17) is 31.8 Å². The number of aliphatic carboxylic acids is 1. The summed E-state index contributed by atoms with van der Waals surface area (Å²) in [4.78, 5) is 82.2. The number of carbonyl (C=O) groups is 6. The van der Waals surface area contributed by atoms with Crippen LogP contribution in [0.25, 0.3) is 0 Å². The maximum Gasteiger partial charge on any atom is 0.342 e. The Balaban J connectivity index is 1.59. The van der Waals surface area contributed by atoms with Crippen molar-refractivity contribution in [1.29, 1.82) is 0 Å². The molecule has 1 unspecified atom stereocenters. The number of carboxylic acid groups (broad SMARTS) is 1. The molecule has 3 amide bonds. The smallest absolute Gasteiger partial charge is 0.342 e. The van der Waals surface area contributed by atoms with Gasteiger partial charge in [-0.05, 0) is 29.2 Å². The van der Waals surface area contributed by atoms with E-state index in [1.807, 2.05) is 0 Å². The fourth-order valence-electron chi connectivity index (χ4n) is 7.25. The lowest BCUT2D eigenvalue weighted by atomic mass is 9.80. The van der Waals surface area contributed by atoms with Crippen LogP contribution in [0.1, 0.15) is 61.2 Å². The van der Waals surface area contributed by atoms with E-state index in [1.165, 1.54) is 0 Å². The maximum atomic E-state index is 15.0. The van der Waals surface area contributed by atoms with Crippen molar-refractivity contribution >= 4 is 35.6 Å². The van der Waals surface area contributed by atoms with Crippen molar-refractivity contribution < 1.29 is 64.4 Å². The Labute approximate surface area is 358 Å². The van der Waals surface area contributed by atoms with Crippen LogP contribution in [0.4, 0.5) is 0 Å². The molecule has 0 spiro atoms. The average molecular weight is 856 g/mol. The Morgan fingerprint density at radius 3 is 1.66 bits per heavy atom. The molecule has 1 aliphatic heterocycles. The summed E-state index contributed by atoms with van der Waals surface area (Å²) in [7, 11) is 0. The molecule has 1 saturated heterocycles. The summed E-state index contributed by atoms with van der Waals surface area (Å²) >= 11 is 0. The third-order valence-corrected chi connectivity index (χ3v) is 10.4. The summed E-state index contributed by atoms with van der Waals surface area (Å²) < 4.78 is 32.1. The zero-order valence-corrected chi connectivity index (χ0v) is 33.9. The van der Waals surface area contributed by atoms with Gasteiger partial charge in [0, 0.05) is 19.8 Å². The largest absolute Gasteiger partial charge is 0.480 e. The zero-order valence-electron chi connectivity index (χ0n) is 34.9. The van der Waals surface area contributed by atoms with E-state index in [0.29, 0.717) is 22.3 Å². The molecule has 0 aromatic heterocycles. The first-order valence-electron chi connectivity index (χ1n) is 20.1. The molecule has 1 heterocycles. The molecule has 62 heavy (non-hydrogen) atoms. The van der Waals surface area contributed by atoms with E-state index in [1.54, 1.807) is 121 Å². The first-order valence-corrected chi connectivity index (χ1v) is 19.6. The highest BCUT2D eigenvalue weighted by Gasteiger charge is 2.58. The van der Waals surface area contributed by atoms with Crippen LogP contribution in [0.3, 0.4) is 0 Å². The van der Waals surface area contributed by atoms with Gasteiger partial charge in [0.2, 0.25) is 17.4 Å². The number of carboxylic acids is 1. The molecule has 17 heteroatoms. The number of ether oxygens (including phenoxy) is 4. The molecule has 0 saturated carbocycles. The Hall–Kier alpha value is -6.50. The molecule has 0 aliphatic carbocycles. The molecule has 7 atom stereocenters. The lowest BCUT2D eigenvalue weighted by molar-refractivity contribution is -0.219. The molecule has 0 radical (unpaired) electrons. The molecule has 17 nitrogen and oxygen atoms in total. The fraction of sp³-hybridized carbons (Fsp3) is 0.333. The van der Waals surface area contributed by atoms with Gasteiger partial charge < -0.3 is 56.4 Å². The van der Waals surface area contributed by atoms with Gasteiger partial charge in [-0.3, -0.25) is 19.2 Å². The molecule has 5 rings (SSSR count). The van der Waals surface area contributed by atoms with Gasteiger partial charge in [-0.1, -0.05) is 121 Å². The Morgan fingerprint density at radius 2 is 1.26 bits per heavy atom. The minimum atomic E-state index is -2.96. The van der Waals surface area contributed by atoms with Crippen LogP contribution in [0.15, 0.2) is 121 Å². The number of nitrogens with one attached hydrogen (secondary N) is 2. The number of amides is 3. The van der Waals surface area contributed by atoms with Crippen LogP contribution in [0, 0.1) is 0 Å². The number of primary amides is 1. The van der Waals surface area contributed by atoms with Crippen molar-refractivity contribution in [2.45, 2.75) is 80.4 Å². The number of nitrogens with two attached hydrogens (primary N) is 2. The first kappa shape index (κ1) is 45.0. The molecule has 4 aromatic carbocycles. The van der Waals surface area contributed by atoms with Crippen LogP contribution in [0.2, 0.25) is 1.41 Å². The highest BCUT2D eigenvalue weighted by molar-refractivity contribution is 6.11. The molecular formula is C45H50N4O13. The van der Waals surface area contributed by atoms with Gasteiger partial charge in [-0.15, -0.1) is 0 Å². The topological polar surface area (TPSA) is 276 Å². The van der Waals surface area contributed by atoms with Gasteiger partial charge >= 0.3 is 17.9 Å². The second kappa shape index (κ2) is 20.8. The minimum Gasteiger partial charge on any atom is -0.480 e. The third kappa shape index (κ3) is 10.9. The highest BCUT2D eigenvalue weighted by atomic mass is 16.6. The molecule has 1 fully saturated rings. The second-order valence-electron chi connectivity index (χ2n) is 14.8. The quantitative estimate of drug-likeness (QED) is 0.0522. The summed E-state index contributed by atoms with van der Waals surface area (Å²) in [6, 6.07) is 32.6. The summed E-state index contributed by atoms with van der Waals surface area (Å²) in [6.45, 7) is -0.0176. The summed E-state index contributed by atoms with van der Waals surface area (Å²) in [6.07, 6.45) is -10.7. The van der Waals surface area contributed by atoms with E-state index >= 15 is 0 Å². The van der Waals surface area contributed by atoms with E-state index in [9.17, 15) is 44.1 Å². The van der Waals surface area contributed by atoms with Gasteiger partial charge in [0.15, 0.2) is 13.6 Å². The molecule has 328 valence electrons. The van der Waals surface area contributed by atoms with Gasteiger partial charge in [0.1, 0.15) is 36.6 Å². The molecule has 0 bridgehead atoms. The average Bonchev–Trinajstić information content (AvgIpc) is 3.29. The van der Waals surface area contributed by atoms with E-state index in [-0.39, 0.29) is 5.31 Å². The lowest BCUT2D eigenvalue weighted by Crippen LogP contribution is -2.77. The standard InChI is InChI=1S/C45H50N4O13/c1-27(51)48-44(2,40-35(46)39(59-26-33(52)53)36(55)32(25-50)60-40)42(57)49-45(41(47)56,43(58)62-38(30-19-11-5-12-20-30)31-21-13-6-14-22-31)24-23-34(54)61-37(28-15-7-3-8-16-28)29-17-9-4-10-18-29/h3-22,32,35-40,50,55H,23-26,46H2,1-2H3,(H2,47,56)(H,48,51)(H,49,57)(H,52,53)/t32-,35-,36-,39-,40?,44-,45+/m1/s1/i/hD. The third-order valence-electron chi connectivity index (χ3n) is 10.4. The first-order chi connectivity index (χ1) is 30.0. The predicted molar refractivity (Wildman–Crippen MR) is 220 cm³/mol. The number of esters is 2. The molecule has 4 aromatic rings. The lowest BCUT2D eigenvalue weighted by Gasteiger charge is -2.49. The Morgan fingerprint density at radius 1 is 0.806 bits per heavy atom. The fourth-order valence-corrected chi connectivity index (χ4v) is 7.25. The van der Waals surface area contributed by atoms with Gasteiger partial charge in [0.25, 0.3) is 5.91 Å². The minimum absolute atomic E-state index is 0.139. The monoisotopic (exact) mass is 855 g/mol. The van der Waals surface area contributed by atoms with Crippen LogP contribution < -0.4 is 22.1 Å². The summed E-state index contributed by atoms with van der Waals surface area (Å²) in [5, 5.41) is 32.9. The summed E-state index contributed by atoms with van der Waals surface area (Å²) in [5.41, 5.74) is 8.94. The maximum absolute atomic E-state index is 15.0. The normalized spacial score (nSPS) is 20.8. The van der Waals surface area contributed by atoms with Crippen LogP contribution in [-0.2, 0) is 47.7 Å². The Bertz CT molecular complexity index is 2130. The highest BCUT2D eigenvalue weighted by Crippen LogP contribution is 2.33. The van der Waals surface area contributed by atoms with Crippen molar-refractivity contribution in [3.8, 4) is 0 Å². The number of hydrogen-bond donors (Lipinski definition) is 7. The summed E-state index contributed by atoms with van der Waals surface area (Å²) in [5.74, 6) is -7.92. The number of benzene rings is 4. The number of carbonyl (C=O) groups excluding carboxylic acids is 5. The molecular weight excluding hydrogens is 805 g/mol. The van der Waals surface area contributed by atoms with Gasteiger partial charge in [-0.2, -0.15) is 0 Å². The van der Waals surface area contributed by atoms with Crippen molar-refractivity contribution in [3.05, 3.63) is 144 Å². The van der Waals surface area contributed by atoms with Crippen LogP contribution >= 0.6 is 0 Å². The van der Waals surface area contributed by atoms with E-state index in [2.05, 4.69) is 5.32 Å². The number of rotatable bonds is 19. The number of hydrogen-bond acceptors (Lipinski definition) is 13. The van der Waals surface area contributed by atoms with Crippen molar-refractivity contribution in [1.82, 2.24) is 10.6 Å². The number of aliphatic hydroxyl groups is 2. The van der Waals surface area contributed by atoms with Crippen molar-refractivity contribution in [2.24, 2.45) is 11.5 Å². The zero-order chi connectivity index (χ0) is 45.9. The van der Waals surface area contributed by atoms with Gasteiger partial charge in [0.05, 0.1) is 12.6 Å². The van der Waals surface area contributed by atoms with Crippen LogP contribution in [-0.4, -0.2) is 106 Å². The molecule has 1 aliphatic rings. The van der Waals surface area contributed by atoms with E-state index < -0.39 is 115 Å². The van der Waals surface area contributed by atoms with Crippen LogP contribution in [0.5, 0.6) is 0 Å². The van der Waals surface area contributed by atoms with Gasteiger partial charge in [-0.25, -0.2) is 9.59 Å². The van der Waals surface area contributed by atoms with Crippen molar-refractivity contribution in [3.63, 3.8) is 0 Å². The second-order valence-corrected chi connectivity index (χ2v) is 14.8. The SMILES string of the molecule is [2H]N(C(C)=O)[C@@](C)(C(=O)N[C@@](CCC(=O)OC(c1ccccc1)c1ccccc1)(C(N)=O)C(=O)OC(c1ccccc1)c1ccccc1)C1O[C@H](CO)[C@@H](O)[C@H](OCC(=O)O)[C@H]1N. The Kier molecular flexibility index (Phi) is 15.1. The van der Waals surface area contributed by atoms with Crippen molar-refractivity contribution in [2.75, 3.05) is 13.2 Å². The predicted octanol–water partition coefficient (Wildman–Crippen LogP) is 1.59. The van der Waals surface area contributed by atoms with E-state index in [0.717, 1.165) is 13.8 Å².